The lowest BCUT2D eigenvalue weighted by atomic mass is 10.2. The molecule has 1 aromatic carbocycles. The van der Waals surface area contributed by atoms with Crippen molar-refractivity contribution in [2.45, 2.75) is 0 Å². The van der Waals surface area contributed by atoms with E-state index in [0.29, 0.717) is 23.0 Å². The number of ether oxygens (including phenoxy) is 4. The van der Waals surface area contributed by atoms with Crippen LogP contribution in [-0.2, 0) is 0 Å². The summed E-state index contributed by atoms with van der Waals surface area (Å²) in [7, 11) is 4.51. The average Bonchev–Trinajstić information content (AvgIpc) is 2.50. The van der Waals surface area contributed by atoms with Gasteiger partial charge in [0.1, 0.15) is 10.2 Å². The molecule has 0 aliphatic carbocycles. The van der Waals surface area contributed by atoms with Crippen molar-refractivity contribution in [1.29, 1.82) is 0 Å². The number of benzene rings is 1. The lowest BCUT2D eigenvalue weighted by Gasteiger charge is -2.14. The molecule has 2 aromatic rings. The van der Waals surface area contributed by atoms with Gasteiger partial charge >= 0.3 is 0 Å². The van der Waals surface area contributed by atoms with E-state index in [-0.39, 0.29) is 15.9 Å². The summed E-state index contributed by atoms with van der Waals surface area (Å²) in [6, 6.07) is 3.22. The molecule has 8 heteroatoms. The first-order valence-electron chi connectivity index (χ1n) is 5.81. The number of aromatic nitrogens is 2. The maximum Gasteiger partial charge on any atom is 0.268 e. The number of hydrogen-bond acceptors (Lipinski definition) is 6. The lowest BCUT2D eigenvalue weighted by Crippen LogP contribution is -2.08. The van der Waals surface area contributed by atoms with Crippen LogP contribution in [0.5, 0.6) is 28.9 Å². The monoisotopic (exact) mass is 356 g/mol. The predicted molar refractivity (Wildman–Crippen MR) is 78.7 cm³/mol. The van der Waals surface area contributed by atoms with Gasteiger partial charge in [0.25, 0.3) is 5.56 Å². The third-order valence-corrected chi connectivity index (χ3v) is 3.32. The summed E-state index contributed by atoms with van der Waals surface area (Å²) < 4.78 is 21.4. The molecule has 0 spiro atoms. The third-order valence-electron chi connectivity index (χ3n) is 2.62. The Balaban J connectivity index is 2.45. The van der Waals surface area contributed by atoms with E-state index < -0.39 is 0 Å². The van der Waals surface area contributed by atoms with Gasteiger partial charge in [0.2, 0.25) is 11.6 Å². The zero-order chi connectivity index (χ0) is 15.4. The van der Waals surface area contributed by atoms with Crippen molar-refractivity contribution in [3.63, 3.8) is 0 Å². The molecule has 0 aliphatic rings. The minimum absolute atomic E-state index is 0.132. The Hall–Kier alpha value is -2.22. The molecule has 0 aliphatic heterocycles. The molecule has 0 atom stereocenters. The van der Waals surface area contributed by atoms with E-state index in [1.165, 1.54) is 27.7 Å². The first kappa shape index (κ1) is 15.2. The second-order valence-corrected chi connectivity index (χ2v) is 4.61. The van der Waals surface area contributed by atoms with E-state index in [4.69, 9.17) is 18.9 Å². The van der Waals surface area contributed by atoms with Gasteiger partial charge in [0.15, 0.2) is 11.5 Å². The Labute approximate surface area is 129 Å². The highest BCUT2D eigenvalue weighted by Crippen LogP contribution is 2.42. The zero-order valence-corrected chi connectivity index (χ0v) is 13.2. The molecule has 1 aromatic heterocycles. The zero-order valence-electron chi connectivity index (χ0n) is 11.6. The molecular weight excluding hydrogens is 344 g/mol. The number of halogens is 1. The number of aromatic amines is 1. The summed E-state index contributed by atoms with van der Waals surface area (Å²) in [5, 5.41) is 0. The van der Waals surface area contributed by atoms with E-state index in [1.807, 2.05) is 0 Å². The standard InChI is InChI=1S/C13H13BrN2O5/c1-18-8-4-7(5-9(19-2)11(8)20-3)21-13-10(14)12(17)15-6-16-13/h4-6H,1-3H3,(H,15,16,17). The van der Waals surface area contributed by atoms with Crippen molar-refractivity contribution in [2.75, 3.05) is 21.3 Å². The van der Waals surface area contributed by atoms with Gasteiger partial charge < -0.3 is 23.9 Å². The van der Waals surface area contributed by atoms with E-state index in [0.717, 1.165) is 0 Å². The molecule has 7 nitrogen and oxygen atoms in total. The smallest absolute Gasteiger partial charge is 0.268 e. The lowest BCUT2D eigenvalue weighted by molar-refractivity contribution is 0.320. The van der Waals surface area contributed by atoms with Crippen LogP contribution in [0.4, 0.5) is 0 Å². The number of rotatable bonds is 5. The average molecular weight is 357 g/mol. The predicted octanol–water partition coefficient (Wildman–Crippen LogP) is 2.35. The van der Waals surface area contributed by atoms with Crippen LogP contribution < -0.4 is 24.5 Å². The number of nitrogens with one attached hydrogen (secondary N) is 1. The molecule has 112 valence electrons. The van der Waals surface area contributed by atoms with Gasteiger partial charge in [-0.2, -0.15) is 0 Å². The minimum Gasteiger partial charge on any atom is -0.493 e. The topological polar surface area (TPSA) is 82.7 Å². The van der Waals surface area contributed by atoms with E-state index in [2.05, 4.69) is 25.9 Å². The normalized spacial score (nSPS) is 10.1. The second kappa shape index (κ2) is 6.49. The fourth-order valence-electron chi connectivity index (χ4n) is 1.67. The second-order valence-electron chi connectivity index (χ2n) is 3.81. The van der Waals surface area contributed by atoms with Crippen molar-refractivity contribution < 1.29 is 18.9 Å². The summed E-state index contributed by atoms with van der Waals surface area (Å²) in [4.78, 5) is 17.9. The molecule has 0 unspecified atom stereocenters. The van der Waals surface area contributed by atoms with E-state index in [9.17, 15) is 4.79 Å². The van der Waals surface area contributed by atoms with Gasteiger partial charge in [-0.1, -0.05) is 0 Å². The van der Waals surface area contributed by atoms with Crippen molar-refractivity contribution in [1.82, 2.24) is 9.97 Å². The summed E-state index contributed by atoms with van der Waals surface area (Å²) >= 11 is 3.12. The van der Waals surface area contributed by atoms with Gasteiger partial charge in [-0.15, -0.1) is 0 Å². The van der Waals surface area contributed by atoms with Gasteiger partial charge in [-0.3, -0.25) is 4.79 Å². The molecule has 21 heavy (non-hydrogen) atoms. The molecule has 1 heterocycles. The first-order chi connectivity index (χ1) is 10.1. The molecule has 0 saturated carbocycles. The molecule has 2 rings (SSSR count). The van der Waals surface area contributed by atoms with Crippen molar-refractivity contribution in [3.8, 4) is 28.9 Å². The van der Waals surface area contributed by atoms with Crippen molar-refractivity contribution >= 4 is 15.9 Å². The molecule has 0 bridgehead atoms. The van der Waals surface area contributed by atoms with E-state index >= 15 is 0 Å². The molecule has 0 saturated heterocycles. The van der Waals surface area contributed by atoms with Gasteiger partial charge in [-0.25, -0.2) is 4.98 Å². The first-order valence-corrected chi connectivity index (χ1v) is 6.61. The number of H-pyrrole nitrogens is 1. The van der Waals surface area contributed by atoms with Gasteiger partial charge in [0.05, 0.1) is 27.7 Å². The van der Waals surface area contributed by atoms with Crippen LogP contribution in [0.2, 0.25) is 0 Å². The van der Waals surface area contributed by atoms with Crippen LogP contribution in [0, 0.1) is 0 Å². The number of methoxy groups -OCH3 is 3. The summed E-state index contributed by atoms with van der Waals surface area (Å²) in [6.07, 6.45) is 1.25. The Kier molecular flexibility index (Phi) is 4.69. The summed E-state index contributed by atoms with van der Waals surface area (Å²) in [6.45, 7) is 0. The van der Waals surface area contributed by atoms with Crippen molar-refractivity contribution in [2.24, 2.45) is 0 Å². The summed E-state index contributed by atoms with van der Waals surface area (Å²) in [5.41, 5.74) is -0.340. The molecule has 0 amide bonds. The number of nitrogens with zero attached hydrogens (tertiary/aromatic N) is 1. The Morgan fingerprint density at radius 2 is 1.71 bits per heavy atom. The largest absolute Gasteiger partial charge is 0.493 e. The molecule has 0 radical (unpaired) electrons. The Morgan fingerprint density at radius 3 is 2.24 bits per heavy atom. The fourth-order valence-corrected chi connectivity index (χ4v) is 1.96. The highest BCUT2D eigenvalue weighted by atomic mass is 79.9. The van der Waals surface area contributed by atoms with Crippen LogP contribution >= 0.6 is 15.9 Å². The maximum atomic E-state index is 11.5. The molecular formula is C13H13BrN2O5. The highest BCUT2D eigenvalue weighted by molar-refractivity contribution is 9.10. The number of hydrogen-bond donors (Lipinski definition) is 1. The maximum absolute atomic E-state index is 11.5. The highest BCUT2D eigenvalue weighted by Gasteiger charge is 2.16. The quantitative estimate of drug-likeness (QED) is 0.885. The van der Waals surface area contributed by atoms with Gasteiger partial charge in [0, 0.05) is 12.1 Å². The molecule has 0 fully saturated rings. The van der Waals surface area contributed by atoms with Gasteiger partial charge in [-0.05, 0) is 15.9 Å². The Bertz CT molecular complexity index is 676. The fraction of sp³-hybridized carbons (Fsp3) is 0.231. The van der Waals surface area contributed by atoms with Crippen molar-refractivity contribution in [3.05, 3.63) is 33.3 Å². The van der Waals surface area contributed by atoms with Crippen LogP contribution in [0.25, 0.3) is 0 Å². The summed E-state index contributed by atoms with van der Waals surface area (Å²) in [5.74, 6) is 1.85. The minimum atomic E-state index is -0.340. The van der Waals surface area contributed by atoms with Crippen LogP contribution in [-0.4, -0.2) is 31.3 Å². The third kappa shape index (κ3) is 3.10. The van der Waals surface area contributed by atoms with Crippen LogP contribution in [0.3, 0.4) is 0 Å². The Morgan fingerprint density at radius 1 is 1.10 bits per heavy atom. The SMILES string of the molecule is COc1cc(Oc2nc[nH]c(=O)c2Br)cc(OC)c1OC. The van der Waals surface area contributed by atoms with E-state index in [1.54, 1.807) is 12.1 Å². The van der Waals surface area contributed by atoms with Crippen LogP contribution in [0.1, 0.15) is 0 Å². The van der Waals surface area contributed by atoms with Crippen LogP contribution in [0.15, 0.2) is 27.7 Å². The molecule has 1 N–H and O–H groups in total.